The first-order valence-corrected chi connectivity index (χ1v) is 13.3. The molecule has 1 fully saturated rings. The maximum absolute atomic E-state index is 13.1. The van der Waals surface area contributed by atoms with E-state index in [2.05, 4.69) is 21.3 Å². The first-order valence-electron chi connectivity index (χ1n) is 12.8. The molecule has 1 aliphatic heterocycles. The van der Waals surface area contributed by atoms with Crippen LogP contribution < -0.4 is 21.3 Å². The molecular weight excluding hydrogens is 518 g/mol. The molecule has 0 aliphatic carbocycles. The van der Waals surface area contributed by atoms with Gasteiger partial charge in [-0.3, -0.25) is 24.0 Å². The van der Waals surface area contributed by atoms with E-state index >= 15 is 0 Å². The van der Waals surface area contributed by atoms with Crippen molar-refractivity contribution in [2.75, 3.05) is 12.4 Å². The molecule has 0 aromatic carbocycles. The lowest BCUT2D eigenvalue weighted by molar-refractivity contribution is -0.142. The number of ether oxygens (including phenoxy) is 1. The molecular formula is C25H42ClN5O7. The Labute approximate surface area is 229 Å². The van der Waals surface area contributed by atoms with Crippen LogP contribution in [0.15, 0.2) is 0 Å². The Morgan fingerprint density at radius 1 is 0.868 bits per heavy atom. The summed E-state index contributed by atoms with van der Waals surface area (Å²) in [6.45, 7) is 13.3. The van der Waals surface area contributed by atoms with Gasteiger partial charge in [0, 0.05) is 6.54 Å². The van der Waals surface area contributed by atoms with Gasteiger partial charge in [-0.15, -0.1) is 11.6 Å². The van der Waals surface area contributed by atoms with Gasteiger partial charge in [-0.25, -0.2) is 4.79 Å². The SMILES string of the molecule is CC(C)[C@H](NC(=O)[C@@H]1CCCN1C(=O)[C@H](C)NC(=O)[C@@H](C)NC(=O)[C@H](C)NC(=O)OC(C)(C)C)C(=O)CCl. The summed E-state index contributed by atoms with van der Waals surface area (Å²) in [5.74, 6) is -2.84. The van der Waals surface area contributed by atoms with Crippen molar-refractivity contribution in [3.63, 3.8) is 0 Å². The highest BCUT2D eigenvalue weighted by molar-refractivity contribution is 6.28. The smallest absolute Gasteiger partial charge is 0.408 e. The zero-order valence-electron chi connectivity index (χ0n) is 23.5. The highest BCUT2D eigenvalue weighted by atomic mass is 35.5. The number of alkyl carbamates (subject to hydrolysis) is 1. The first kappa shape index (κ1) is 33.1. The van der Waals surface area contributed by atoms with Crippen LogP contribution in [0.2, 0.25) is 0 Å². The normalized spacial score (nSPS) is 18.6. The molecule has 0 radical (unpaired) electrons. The second kappa shape index (κ2) is 14.3. The molecule has 5 amide bonds. The Kier molecular flexibility index (Phi) is 12.5. The van der Waals surface area contributed by atoms with Crippen LogP contribution in [-0.4, -0.2) is 88.6 Å². The average molecular weight is 560 g/mol. The van der Waals surface area contributed by atoms with E-state index in [1.54, 1.807) is 34.6 Å². The van der Waals surface area contributed by atoms with Crippen molar-refractivity contribution in [3.05, 3.63) is 0 Å². The fourth-order valence-electron chi connectivity index (χ4n) is 3.86. The third-order valence-corrected chi connectivity index (χ3v) is 6.15. The number of carbonyl (C=O) groups is 6. The predicted octanol–water partition coefficient (Wildman–Crippen LogP) is 0.849. The number of rotatable bonds is 11. The highest BCUT2D eigenvalue weighted by Gasteiger charge is 2.38. The predicted molar refractivity (Wildman–Crippen MR) is 141 cm³/mol. The van der Waals surface area contributed by atoms with Crippen LogP contribution in [0.4, 0.5) is 4.79 Å². The molecule has 5 atom stereocenters. The molecule has 216 valence electrons. The summed E-state index contributed by atoms with van der Waals surface area (Å²) >= 11 is 5.67. The third-order valence-electron chi connectivity index (χ3n) is 5.89. The van der Waals surface area contributed by atoms with Gasteiger partial charge in [-0.05, 0) is 60.3 Å². The lowest BCUT2D eigenvalue weighted by Gasteiger charge is -2.29. The van der Waals surface area contributed by atoms with Gasteiger partial charge in [0.2, 0.25) is 23.6 Å². The van der Waals surface area contributed by atoms with Crippen molar-refractivity contribution in [2.24, 2.45) is 5.92 Å². The van der Waals surface area contributed by atoms with E-state index in [1.807, 2.05) is 0 Å². The van der Waals surface area contributed by atoms with Gasteiger partial charge >= 0.3 is 6.09 Å². The fourth-order valence-corrected chi connectivity index (χ4v) is 4.02. The van der Waals surface area contributed by atoms with Crippen molar-refractivity contribution in [3.8, 4) is 0 Å². The largest absolute Gasteiger partial charge is 0.444 e. The van der Waals surface area contributed by atoms with Gasteiger partial charge < -0.3 is 30.9 Å². The van der Waals surface area contributed by atoms with Gasteiger partial charge in [0.15, 0.2) is 5.78 Å². The number of hydrogen-bond donors (Lipinski definition) is 4. The molecule has 1 rings (SSSR count). The molecule has 1 aliphatic rings. The molecule has 1 heterocycles. The van der Waals surface area contributed by atoms with Crippen LogP contribution in [0.25, 0.3) is 0 Å². The molecule has 1 saturated heterocycles. The minimum absolute atomic E-state index is 0.173. The van der Waals surface area contributed by atoms with Crippen LogP contribution >= 0.6 is 11.6 Å². The number of Topliss-reactive ketones (excluding diaryl/α,β-unsaturated/α-hetero) is 1. The first-order chi connectivity index (χ1) is 17.5. The van der Waals surface area contributed by atoms with E-state index < -0.39 is 65.5 Å². The molecule has 13 heteroatoms. The number of carbonyl (C=O) groups excluding carboxylic acids is 6. The molecule has 0 bridgehead atoms. The molecule has 0 unspecified atom stereocenters. The quantitative estimate of drug-likeness (QED) is 0.273. The van der Waals surface area contributed by atoms with Gasteiger partial charge in [0.1, 0.15) is 29.8 Å². The lowest BCUT2D eigenvalue weighted by atomic mass is 10.00. The third kappa shape index (κ3) is 10.1. The van der Waals surface area contributed by atoms with E-state index in [0.717, 1.165) is 0 Å². The second-order valence-electron chi connectivity index (χ2n) is 10.8. The van der Waals surface area contributed by atoms with Gasteiger partial charge in [-0.1, -0.05) is 13.8 Å². The number of ketones is 1. The molecule has 38 heavy (non-hydrogen) atoms. The van der Waals surface area contributed by atoms with Crippen molar-refractivity contribution >= 4 is 47.1 Å². The van der Waals surface area contributed by atoms with Crippen LogP contribution in [0.5, 0.6) is 0 Å². The van der Waals surface area contributed by atoms with Crippen molar-refractivity contribution < 1.29 is 33.5 Å². The highest BCUT2D eigenvalue weighted by Crippen LogP contribution is 2.19. The molecule has 0 aromatic heterocycles. The molecule has 0 spiro atoms. The molecule has 12 nitrogen and oxygen atoms in total. The summed E-state index contributed by atoms with van der Waals surface area (Å²) in [5, 5.41) is 10.1. The van der Waals surface area contributed by atoms with Crippen LogP contribution in [0.1, 0.15) is 68.2 Å². The molecule has 0 aromatic rings. The van der Waals surface area contributed by atoms with Crippen LogP contribution in [0, 0.1) is 5.92 Å². The maximum Gasteiger partial charge on any atom is 0.408 e. The minimum atomic E-state index is -1.01. The standard InChI is InChI=1S/C25H42ClN5O7/c1-13(2)19(18(32)12-26)30-22(35)17-10-9-11-31(17)23(36)16(5)28-20(33)14(3)27-21(34)15(4)29-24(37)38-25(6,7)8/h13-17,19H,9-12H2,1-8H3,(H,27,34)(H,28,33)(H,29,37)(H,30,35)/t14-,15+,16+,17+,19+/m1/s1. The number of nitrogens with zero attached hydrogens (tertiary/aromatic N) is 1. The maximum atomic E-state index is 13.1. The number of amides is 5. The van der Waals surface area contributed by atoms with Crippen molar-refractivity contribution in [2.45, 2.75) is 104 Å². The zero-order valence-corrected chi connectivity index (χ0v) is 24.2. The fraction of sp³-hybridized carbons (Fsp3) is 0.760. The Hall–Kier alpha value is -2.89. The monoisotopic (exact) mass is 559 g/mol. The summed E-state index contributed by atoms with van der Waals surface area (Å²) < 4.78 is 5.11. The van der Waals surface area contributed by atoms with E-state index in [0.29, 0.717) is 19.4 Å². The topological polar surface area (TPSA) is 163 Å². The number of likely N-dealkylation sites (tertiary alicyclic amines) is 1. The second-order valence-corrected chi connectivity index (χ2v) is 11.1. The minimum Gasteiger partial charge on any atom is -0.444 e. The summed E-state index contributed by atoms with van der Waals surface area (Å²) in [6.07, 6.45) is 0.245. The van der Waals surface area contributed by atoms with Crippen LogP contribution in [-0.2, 0) is 28.7 Å². The van der Waals surface area contributed by atoms with Gasteiger partial charge in [0.05, 0.1) is 11.9 Å². The number of nitrogens with one attached hydrogen (secondary N) is 4. The summed E-state index contributed by atoms with van der Waals surface area (Å²) in [7, 11) is 0. The number of halogens is 1. The van der Waals surface area contributed by atoms with Crippen LogP contribution in [0.3, 0.4) is 0 Å². The number of alkyl halides is 1. The number of hydrogen-bond acceptors (Lipinski definition) is 7. The lowest BCUT2D eigenvalue weighted by Crippen LogP contribution is -2.57. The van der Waals surface area contributed by atoms with Crippen molar-refractivity contribution in [1.29, 1.82) is 0 Å². The Balaban J connectivity index is 2.70. The van der Waals surface area contributed by atoms with Gasteiger partial charge in [0.25, 0.3) is 0 Å². The average Bonchev–Trinajstić information content (AvgIpc) is 3.29. The Morgan fingerprint density at radius 3 is 1.89 bits per heavy atom. The van der Waals surface area contributed by atoms with E-state index in [1.165, 1.54) is 25.7 Å². The van der Waals surface area contributed by atoms with E-state index in [4.69, 9.17) is 16.3 Å². The molecule has 0 saturated carbocycles. The summed E-state index contributed by atoms with van der Waals surface area (Å²) in [4.78, 5) is 76.4. The molecule has 4 N–H and O–H groups in total. The summed E-state index contributed by atoms with van der Waals surface area (Å²) in [5.41, 5.74) is -0.733. The summed E-state index contributed by atoms with van der Waals surface area (Å²) in [6, 6.07) is -4.48. The zero-order chi connectivity index (χ0) is 29.4. The van der Waals surface area contributed by atoms with E-state index in [9.17, 15) is 28.8 Å². The Bertz CT molecular complexity index is 905. The van der Waals surface area contributed by atoms with E-state index in [-0.39, 0.29) is 17.6 Å². The Morgan fingerprint density at radius 2 is 1.39 bits per heavy atom. The van der Waals surface area contributed by atoms with Gasteiger partial charge in [-0.2, -0.15) is 0 Å². The van der Waals surface area contributed by atoms with Crippen molar-refractivity contribution in [1.82, 2.24) is 26.2 Å².